The standard InChI is InChI=1S/C18H32N2/c1-5-7-12-20(16(4)6-2)14-17-8-10-18(11-9-17)15(3)13-19/h8-11,15-16H,5-7,12-14,19H2,1-4H3. The lowest BCUT2D eigenvalue weighted by atomic mass is 10.00. The largest absolute Gasteiger partial charge is 0.330 e. The van der Waals surface area contributed by atoms with E-state index in [1.807, 2.05) is 0 Å². The van der Waals surface area contributed by atoms with Crippen LogP contribution in [0.4, 0.5) is 0 Å². The van der Waals surface area contributed by atoms with E-state index in [0.717, 1.165) is 13.1 Å². The molecule has 1 aromatic carbocycles. The van der Waals surface area contributed by atoms with E-state index in [2.05, 4.69) is 56.9 Å². The van der Waals surface area contributed by atoms with Crippen LogP contribution >= 0.6 is 0 Å². The lowest BCUT2D eigenvalue weighted by Crippen LogP contribution is -2.33. The third-order valence-corrected chi connectivity index (χ3v) is 4.30. The molecule has 1 rings (SSSR count). The van der Waals surface area contributed by atoms with Crippen LogP contribution in [0.2, 0.25) is 0 Å². The Labute approximate surface area is 125 Å². The minimum Gasteiger partial charge on any atom is -0.330 e. The summed E-state index contributed by atoms with van der Waals surface area (Å²) in [5.41, 5.74) is 8.49. The van der Waals surface area contributed by atoms with Gasteiger partial charge < -0.3 is 5.73 Å². The van der Waals surface area contributed by atoms with Gasteiger partial charge in [0.15, 0.2) is 0 Å². The zero-order valence-corrected chi connectivity index (χ0v) is 13.7. The molecule has 0 saturated carbocycles. The van der Waals surface area contributed by atoms with Crippen molar-refractivity contribution in [2.75, 3.05) is 13.1 Å². The summed E-state index contributed by atoms with van der Waals surface area (Å²) in [5.74, 6) is 0.454. The SMILES string of the molecule is CCCCN(Cc1ccc(C(C)CN)cc1)C(C)CC. The number of nitrogens with two attached hydrogens (primary N) is 1. The van der Waals surface area contributed by atoms with Crippen molar-refractivity contribution < 1.29 is 0 Å². The average Bonchev–Trinajstić information content (AvgIpc) is 2.50. The third-order valence-electron chi connectivity index (χ3n) is 4.30. The minimum absolute atomic E-state index is 0.454. The molecular weight excluding hydrogens is 244 g/mol. The molecule has 2 N–H and O–H groups in total. The molecule has 1 aromatic rings. The van der Waals surface area contributed by atoms with E-state index in [-0.39, 0.29) is 0 Å². The highest BCUT2D eigenvalue weighted by Crippen LogP contribution is 2.17. The fourth-order valence-corrected chi connectivity index (χ4v) is 2.40. The van der Waals surface area contributed by atoms with Crippen molar-refractivity contribution in [3.05, 3.63) is 35.4 Å². The molecule has 2 atom stereocenters. The first-order valence-corrected chi connectivity index (χ1v) is 8.15. The van der Waals surface area contributed by atoms with E-state index in [4.69, 9.17) is 5.73 Å². The maximum Gasteiger partial charge on any atom is 0.0236 e. The zero-order valence-electron chi connectivity index (χ0n) is 13.7. The van der Waals surface area contributed by atoms with Gasteiger partial charge in [-0.3, -0.25) is 4.90 Å². The molecule has 0 spiro atoms. The number of hydrogen-bond donors (Lipinski definition) is 1. The van der Waals surface area contributed by atoms with Crippen LogP contribution in [0.5, 0.6) is 0 Å². The molecule has 0 heterocycles. The van der Waals surface area contributed by atoms with Crippen LogP contribution in [0.15, 0.2) is 24.3 Å². The van der Waals surface area contributed by atoms with Crippen molar-refractivity contribution in [2.24, 2.45) is 5.73 Å². The van der Waals surface area contributed by atoms with E-state index < -0.39 is 0 Å². The second kappa shape index (κ2) is 9.15. The normalized spacial score (nSPS) is 14.5. The smallest absolute Gasteiger partial charge is 0.0236 e. The van der Waals surface area contributed by atoms with E-state index in [1.54, 1.807) is 0 Å². The first-order valence-electron chi connectivity index (χ1n) is 8.15. The van der Waals surface area contributed by atoms with Gasteiger partial charge in [0, 0.05) is 12.6 Å². The zero-order chi connectivity index (χ0) is 15.0. The Balaban J connectivity index is 2.67. The van der Waals surface area contributed by atoms with Crippen LogP contribution < -0.4 is 5.73 Å². The third kappa shape index (κ3) is 5.26. The van der Waals surface area contributed by atoms with Gasteiger partial charge in [-0.1, -0.05) is 51.5 Å². The molecule has 0 radical (unpaired) electrons. The molecule has 0 aromatic heterocycles. The van der Waals surface area contributed by atoms with Gasteiger partial charge in [-0.25, -0.2) is 0 Å². The first-order chi connectivity index (χ1) is 9.62. The molecule has 0 saturated heterocycles. The van der Waals surface area contributed by atoms with Crippen LogP contribution in [0, 0.1) is 0 Å². The monoisotopic (exact) mass is 276 g/mol. The predicted molar refractivity (Wildman–Crippen MR) is 89.0 cm³/mol. The molecule has 0 aliphatic carbocycles. The lowest BCUT2D eigenvalue weighted by molar-refractivity contribution is 0.192. The van der Waals surface area contributed by atoms with Crippen molar-refractivity contribution in [3.63, 3.8) is 0 Å². The molecule has 2 nitrogen and oxygen atoms in total. The maximum atomic E-state index is 5.73. The molecule has 2 unspecified atom stereocenters. The minimum atomic E-state index is 0.454. The molecule has 0 bridgehead atoms. The fourth-order valence-electron chi connectivity index (χ4n) is 2.40. The summed E-state index contributed by atoms with van der Waals surface area (Å²) in [4.78, 5) is 2.60. The number of hydrogen-bond acceptors (Lipinski definition) is 2. The van der Waals surface area contributed by atoms with E-state index in [9.17, 15) is 0 Å². The Morgan fingerprint density at radius 2 is 1.75 bits per heavy atom. The van der Waals surface area contributed by atoms with Crippen molar-refractivity contribution in [1.29, 1.82) is 0 Å². The summed E-state index contributed by atoms with van der Waals surface area (Å²) in [5, 5.41) is 0. The molecule has 0 fully saturated rings. The van der Waals surface area contributed by atoms with Crippen LogP contribution in [-0.2, 0) is 6.54 Å². The average molecular weight is 276 g/mol. The Bertz CT molecular complexity index is 358. The van der Waals surface area contributed by atoms with Gasteiger partial charge in [-0.2, -0.15) is 0 Å². The van der Waals surface area contributed by atoms with Crippen molar-refractivity contribution >= 4 is 0 Å². The van der Waals surface area contributed by atoms with Gasteiger partial charge in [0.2, 0.25) is 0 Å². The van der Waals surface area contributed by atoms with E-state index in [0.29, 0.717) is 12.0 Å². The molecule has 20 heavy (non-hydrogen) atoms. The van der Waals surface area contributed by atoms with Gasteiger partial charge in [0.1, 0.15) is 0 Å². The van der Waals surface area contributed by atoms with Crippen molar-refractivity contribution in [3.8, 4) is 0 Å². The van der Waals surface area contributed by atoms with Crippen LogP contribution in [0.25, 0.3) is 0 Å². The maximum absolute atomic E-state index is 5.73. The Hall–Kier alpha value is -0.860. The van der Waals surface area contributed by atoms with E-state index in [1.165, 1.54) is 36.9 Å². The van der Waals surface area contributed by atoms with E-state index >= 15 is 0 Å². The summed E-state index contributed by atoms with van der Waals surface area (Å²) in [6.07, 6.45) is 3.76. The molecule has 2 heteroatoms. The highest BCUT2D eigenvalue weighted by atomic mass is 15.1. The van der Waals surface area contributed by atoms with Gasteiger partial charge in [-0.15, -0.1) is 0 Å². The van der Waals surface area contributed by atoms with Crippen molar-refractivity contribution in [2.45, 2.75) is 65.5 Å². The fraction of sp³-hybridized carbons (Fsp3) is 0.667. The summed E-state index contributed by atoms with van der Waals surface area (Å²) >= 11 is 0. The number of benzene rings is 1. The van der Waals surface area contributed by atoms with Crippen molar-refractivity contribution in [1.82, 2.24) is 4.90 Å². The molecule has 0 aliphatic rings. The summed E-state index contributed by atoms with van der Waals surface area (Å²) in [6, 6.07) is 9.67. The molecular formula is C18H32N2. The quantitative estimate of drug-likeness (QED) is 0.734. The second-order valence-corrected chi connectivity index (χ2v) is 5.96. The number of unbranched alkanes of at least 4 members (excludes halogenated alkanes) is 1. The van der Waals surface area contributed by atoms with Gasteiger partial charge in [0.25, 0.3) is 0 Å². The Kier molecular flexibility index (Phi) is 7.86. The molecule has 0 aliphatic heterocycles. The second-order valence-electron chi connectivity index (χ2n) is 5.96. The predicted octanol–water partition coefficient (Wildman–Crippen LogP) is 4.15. The lowest BCUT2D eigenvalue weighted by Gasteiger charge is -2.28. The van der Waals surface area contributed by atoms with Gasteiger partial charge in [0.05, 0.1) is 0 Å². The Morgan fingerprint density at radius 1 is 1.10 bits per heavy atom. The summed E-state index contributed by atoms with van der Waals surface area (Å²) in [7, 11) is 0. The van der Waals surface area contributed by atoms with Crippen LogP contribution in [0.3, 0.4) is 0 Å². The van der Waals surface area contributed by atoms with Crippen LogP contribution in [0.1, 0.15) is 64.0 Å². The van der Waals surface area contributed by atoms with Gasteiger partial charge >= 0.3 is 0 Å². The highest BCUT2D eigenvalue weighted by molar-refractivity contribution is 5.25. The number of nitrogens with zero attached hydrogens (tertiary/aromatic N) is 1. The topological polar surface area (TPSA) is 29.3 Å². The summed E-state index contributed by atoms with van der Waals surface area (Å²) < 4.78 is 0. The number of rotatable bonds is 9. The highest BCUT2D eigenvalue weighted by Gasteiger charge is 2.12. The molecule has 0 amide bonds. The first kappa shape index (κ1) is 17.2. The van der Waals surface area contributed by atoms with Crippen LogP contribution in [-0.4, -0.2) is 24.0 Å². The van der Waals surface area contributed by atoms with Gasteiger partial charge in [-0.05, 0) is 49.9 Å². The summed E-state index contributed by atoms with van der Waals surface area (Å²) in [6.45, 7) is 12.0. The molecule has 114 valence electrons. The Morgan fingerprint density at radius 3 is 2.25 bits per heavy atom.